The predicted molar refractivity (Wildman–Crippen MR) is 158 cm³/mol. The van der Waals surface area contributed by atoms with Crippen molar-refractivity contribution in [1.29, 1.82) is 0 Å². The minimum absolute atomic E-state index is 0.0812. The zero-order chi connectivity index (χ0) is 27.9. The van der Waals surface area contributed by atoms with E-state index in [1.165, 1.54) is 29.0 Å². The molecule has 0 spiro atoms. The van der Waals surface area contributed by atoms with Gasteiger partial charge in [-0.3, -0.25) is 4.79 Å². The van der Waals surface area contributed by atoms with Crippen LogP contribution in [0.2, 0.25) is 0 Å². The number of rotatable bonds is 9. The molecular formula is C31H35FN2O3S2. The first-order valence-corrected chi connectivity index (χ1v) is 14.9. The van der Waals surface area contributed by atoms with E-state index in [2.05, 4.69) is 42.5 Å². The number of carbonyl (C=O) groups is 1. The summed E-state index contributed by atoms with van der Waals surface area (Å²) in [6, 6.07) is 6.24. The Labute approximate surface area is 238 Å². The maximum Gasteiger partial charge on any atom is 0.261 e. The Kier molecular flexibility index (Phi) is 9.86. The topological polar surface area (TPSA) is 70.9 Å². The third-order valence-corrected chi connectivity index (χ3v) is 9.88. The number of thiophene rings is 1. The van der Waals surface area contributed by atoms with Gasteiger partial charge in [0.05, 0.1) is 27.7 Å². The lowest BCUT2D eigenvalue weighted by Crippen LogP contribution is -2.26. The molecule has 1 heterocycles. The van der Waals surface area contributed by atoms with Crippen molar-refractivity contribution in [2.45, 2.75) is 50.8 Å². The minimum atomic E-state index is -0.332. The molecule has 0 fully saturated rings. The van der Waals surface area contributed by atoms with Gasteiger partial charge in [-0.25, -0.2) is 4.39 Å². The highest BCUT2D eigenvalue weighted by Gasteiger charge is 2.34. The van der Waals surface area contributed by atoms with Gasteiger partial charge in [-0.2, -0.15) is 0 Å². The second-order valence-corrected chi connectivity index (χ2v) is 12.3. The first-order valence-electron chi connectivity index (χ1n) is 13.1. The van der Waals surface area contributed by atoms with E-state index in [0.717, 1.165) is 38.8 Å². The summed E-state index contributed by atoms with van der Waals surface area (Å²) in [5.41, 5.74) is 5.58. The largest absolute Gasteiger partial charge is 0.501 e. The van der Waals surface area contributed by atoms with Crippen molar-refractivity contribution < 1.29 is 19.1 Å². The fourth-order valence-electron chi connectivity index (χ4n) is 4.77. The smallest absolute Gasteiger partial charge is 0.261 e. The third kappa shape index (κ3) is 7.11. The van der Waals surface area contributed by atoms with E-state index < -0.39 is 0 Å². The molecule has 206 valence electrons. The van der Waals surface area contributed by atoms with E-state index in [0.29, 0.717) is 34.9 Å². The number of hydrogen-bond acceptors (Lipinski definition) is 6. The van der Waals surface area contributed by atoms with Crippen molar-refractivity contribution in [2.75, 3.05) is 12.9 Å². The number of thioether (sulfide) groups is 1. The molecule has 2 aliphatic rings. The van der Waals surface area contributed by atoms with Gasteiger partial charge in [-0.15, -0.1) is 23.1 Å². The standard InChI is InChI=1S/C31H35FN2O3S2/c1-19-8-5-6-10-23(19)18-38-31-28-26(15-24(16-27(28)34-36)20(2)12-13-21(3)37-4)29(39-31)30(35)33-17-22-9-7-11-25(32)14-22/h5-7,9-14,19,24,36H,8,15-18H2,1-4H3,(H,33,35)/b20-12+,21-13+,34-27+/t19-,24?/m1/s1. The quantitative estimate of drug-likeness (QED) is 0.107. The van der Waals surface area contributed by atoms with E-state index in [4.69, 9.17) is 4.74 Å². The summed E-state index contributed by atoms with van der Waals surface area (Å²) in [7, 11) is 1.64. The van der Waals surface area contributed by atoms with Gasteiger partial charge in [-0.1, -0.05) is 59.7 Å². The molecule has 1 unspecified atom stereocenters. The number of ether oxygens (including phenoxy) is 1. The number of allylic oxidation sites excluding steroid dienone is 7. The van der Waals surface area contributed by atoms with E-state index in [1.807, 2.05) is 19.1 Å². The fraction of sp³-hybridized carbons (Fsp3) is 0.355. The molecule has 1 aromatic carbocycles. The number of nitrogens with zero attached hydrogens (tertiary/aromatic N) is 1. The fourth-order valence-corrected chi connectivity index (χ4v) is 7.50. The van der Waals surface area contributed by atoms with Gasteiger partial charge >= 0.3 is 0 Å². The van der Waals surface area contributed by atoms with Gasteiger partial charge in [0.15, 0.2) is 0 Å². The van der Waals surface area contributed by atoms with E-state index in [1.54, 1.807) is 31.0 Å². The zero-order valence-electron chi connectivity index (χ0n) is 22.8. The number of methoxy groups -OCH3 is 1. The van der Waals surface area contributed by atoms with Gasteiger partial charge in [0.1, 0.15) is 5.82 Å². The number of oxime groups is 1. The third-order valence-electron chi connectivity index (χ3n) is 7.31. The molecule has 39 heavy (non-hydrogen) atoms. The second kappa shape index (κ2) is 13.3. The lowest BCUT2D eigenvalue weighted by Gasteiger charge is -2.25. The van der Waals surface area contributed by atoms with Crippen molar-refractivity contribution in [1.82, 2.24) is 5.32 Å². The molecule has 4 rings (SSSR count). The highest BCUT2D eigenvalue weighted by Crippen LogP contribution is 2.44. The van der Waals surface area contributed by atoms with Gasteiger partial charge in [0.2, 0.25) is 0 Å². The van der Waals surface area contributed by atoms with Crippen LogP contribution in [-0.2, 0) is 17.7 Å². The van der Waals surface area contributed by atoms with E-state index >= 15 is 0 Å². The molecule has 5 nitrogen and oxygen atoms in total. The Balaban J connectivity index is 1.66. The monoisotopic (exact) mass is 566 g/mol. The normalized spacial score (nSPS) is 20.5. The lowest BCUT2D eigenvalue weighted by molar-refractivity contribution is 0.0954. The van der Waals surface area contributed by atoms with Crippen molar-refractivity contribution >= 4 is 34.7 Å². The average molecular weight is 567 g/mol. The Morgan fingerprint density at radius 2 is 2.13 bits per heavy atom. The predicted octanol–water partition coefficient (Wildman–Crippen LogP) is 7.67. The molecule has 0 saturated carbocycles. The lowest BCUT2D eigenvalue weighted by atomic mass is 9.80. The molecule has 2 aromatic rings. The average Bonchev–Trinajstić information content (AvgIpc) is 3.32. The molecule has 0 bridgehead atoms. The number of hydrogen-bond donors (Lipinski definition) is 2. The highest BCUT2D eigenvalue weighted by molar-refractivity contribution is 8.01. The van der Waals surface area contributed by atoms with Crippen LogP contribution in [0.25, 0.3) is 0 Å². The molecule has 2 N–H and O–H groups in total. The molecule has 0 saturated heterocycles. The van der Waals surface area contributed by atoms with Gasteiger partial charge in [0, 0.05) is 24.3 Å². The number of halogens is 1. The Bertz CT molecular complexity index is 1370. The van der Waals surface area contributed by atoms with Gasteiger partial charge in [0.25, 0.3) is 5.91 Å². The van der Waals surface area contributed by atoms with Gasteiger partial charge in [-0.05, 0) is 67.9 Å². The first kappa shape index (κ1) is 28.9. The summed E-state index contributed by atoms with van der Waals surface area (Å²) in [6.45, 7) is 6.41. The van der Waals surface area contributed by atoms with Crippen molar-refractivity contribution in [3.05, 3.63) is 98.9 Å². The molecule has 1 aromatic heterocycles. The van der Waals surface area contributed by atoms with Crippen LogP contribution in [-0.4, -0.2) is 29.7 Å². The van der Waals surface area contributed by atoms with Crippen LogP contribution in [0, 0.1) is 17.7 Å². The zero-order valence-corrected chi connectivity index (χ0v) is 24.4. The maximum absolute atomic E-state index is 13.7. The van der Waals surface area contributed by atoms with Crippen molar-refractivity contribution in [3.8, 4) is 0 Å². The Hall–Kier alpha value is -3.10. The Morgan fingerprint density at radius 1 is 1.31 bits per heavy atom. The number of carbonyl (C=O) groups excluding carboxylic acids is 1. The number of nitrogens with one attached hydrogen (secondary N) is 1. The number of amides is 1. The molecule has 8 heteroatoms. The van der Waals surface area contributed by atoms with Crippen LogP contribution in [0.4, 0.5) is 4.39 Å². The highest BCUT2D eigenvalue weighted by atomic mass is 32.2. The molecule has 2 aliphatic carbocycles. The van der Waals surface area contributed by atoms with Crippen LogP contribution in [0.3, 0.4) is 0 Å². The van der Waals surface area contributed by atoms with E-state index in [-0.39, 0.29) is 24.2 Å². The molecule has 0 radical (unpaired) electrons. The first-order chi connectivity index (χ1) is 18.8. The summed E-state index contributed by atoms with van der Waals surface area (Å²) >= 11 is 3.15. The number of benzene rings is 1. The Morgan fingerprint density at radius 3 is 2.85 bits per heavy atom. The molecule has 1 amide bonds. The summed E-state index contributed by atoms with van der Waals surface area (Å²) in [5, 5.41) is 16.8. The summed E-state index contributed by atoms with van der Waals surface area (Å²) < 4.78 is 19.9. The van der Waals surface area contributed by atoms with Crippen molar-refractivity contribution in [3.63, 3.8) is 0 Å². The summed E-state index contributed by atoms with van der Waals surface area (Å²) in [5.74, 6) is 1.63. The molecular weight excluding hydrogens is 531 g/mol. The van der Waals surface area contributed by atoms with Crippen LogP contribution < -0.4 is 5.32 Å². The van der Waals surface area contributed by atoms with Crippen LogP contribution in [0.15, 0.2) is 80.9 Å². The van der Waals surface area contributed by atoms with E-state index in [9.17, 15) is 14.4 Å². The summed E-state index contributed by atoms with van der Waals surface area (Å²) in [6.07, 6.45) is 12.7. The van der Waals surface area contributed by atoms with Crippen LogP contribution in [0.1, 0.15) is 60.0 Å². The van der Waals surface area contributed by atoms with Crippen LogP contribution >= 0.6 is 23.1 Å². The van der Waals surface area contributed by atoms with Gasteiger partial charge < -0.3 is 15.3 Å². The van der Waals surface area contributed by atoms with Crippen LogP contribution in [0.5, 0.6) is 0 Å². The SMILES string of the molecule is CO/C(C)=C/C=C(\C)C1C/C(=N\O)c2c(SCC3=CC=CC[C@H]3C)sc(C(=O)NCc3cccc(F)c3)c2C1. The minimum Gasteiger partial charge on any atom is -0.501 e. The summed E-state index contributed by atoms with van der Waals surface area (Å²) in [4.78, 5) is 14.1. The van der Waals surface area contributed by atoms with Crippen molar-refractivity contribution in [2.24, 2.45) is 17.0 Å². The molecule has 2 atom stereocenters. The maximum atomic E-state index is 13.7. The second-order valence-electron chi connectivity index (χ2n) is 10.0. The number of fused-ring (bicyclic) bond motifs is 1. The molecule has 0 aliphatic heterocycles.